The van der Waals surface area contributed by atoms with Gasteiger partial charge in [-0.2, -0.15) is 0 Å². The van der Waals surface area contributed by atoms with Crippen molar-refractivity contribution in [3.63, 3.8) is 0 Å². The van der Waals surface area contributed by atoms with Gasteiger partial charge in [-0.3, -0.25) is 14.8 Å². The third-order valence-corrected chi connectivity index (χ3v) is 7.26. The molecule has 0 saturated carbocycles. The second-order valence-corrected chi connectivity index (χ2v) is 15.0. The maximum Gasteiger partial charge on any atom is 0.207 e. The summed E-state index contributed by atoms with van der Waals surface area (Å²) in [6, 6.07) is 8.29. The van der Waals surface area contributed by atoms with Crippen LogP contribution in [0.25, 0.3) is 0 Å². The number of thiophene rings is 1. The molecule has 2 heterocycles. The van der Waals surface area contributed by atoms with Gasteiger partial charge in [0.15, 0.2) is 0 Å². The standard InChI is InChI=1S/C25H27ClN2O2SSi/c1-16-19(14-22(31-16)23(29)21(15-27-2)25(26)28-3)24-20-13-17(10-12-32(4,5)6)7-8-18(20)9-11-30-24/h7-8,13-15,24H,3,9,11H2,1-2,4-6H3/b25-21+,27-15?. The van der Waals surface area contributed by atoms with Crippen LogP contribution in [0.3, 0.4) is 0 Å². The molecule has 0 saturated heterocycles. The van der Waals surface area contributed by atoms with E-state index in [4.69, 9.17) is 16.3 Å². The van der Waals surface area contributed by atoms with E-state index in [1.165, 1.54) is 23.1 Å². The SMILES string of the molecule is C=N/C(Cl)=C(\C=NC)C(=O)c1cc(C2OCCc3ccc(C#C[Si](C)(C)C)cc32)c(C)s1. The van der Waals surface area contributed by atoms with Crippen LogP contribution in [-0.2, 0) is 11.2 Å². The zero-order valence-corrected chi connectivity index (χ0v) is 21.7. The molecule has 7 heteroatoms. The molecule has 0 aliphatic carbocycles. The molecule has 1 unspecified atom stereocenters. The highest BCUT2D eigenvalue weighted by atomic mass is 35.5. The molecule has 1 aromatic heterocycles. The number of rotatable bonds is 5. The quantitative estimate of drug-likeness (QED) is 0.131. The van der Waals surface area contributed by atoms with Gasteiger partial charge in [0, 0.05) is 23.7 Å². The molecule has 1 aromatic carbocycles. The van der Waals surface area contributed by atoms with Crippen LogP contribution in [0.15, 0.2) is 45.0 Å². The second-order valence-electron chi connectivity index (χ2n) is 8.62. The summed E-state index contributed by atoms with van der Waals surface area (Å²) in [6.45, 7) is 12.8. The number of carbonyl (C=O) groups excluding carboxylic acids is 1. The number of hydrogen-bond acceptors (Lipinski definition) is 5. The van der Waals surface area contributed by atoms with Gasteiger partial charge in [0.2, 0.25) is 5.78 Å². The maximum atomic E-state index is 13.1. The predicted octanol–water partition coefficient (Wildman–Crippen LogP) is 5.98. The van der Waals surface area contributed by atoms with Gasteiger partial charge in [-0.25, -0.2) is 0 Å². The predicted molar refractivity (Wildman–Crippen MR) is 138 cm³/mol. The fraction of sp³-hybridized carbons (Fsp3) is 0.320. The normalized spacial score (nSPS) is 16.8. The van der Waals surface area contributed by atoms with E-state index in [2.05, 4.69) is 66.0 Å². The number of fused-ring (bicyclic) bond motifs is 1. The largest absolute Gasteiger partial charge is 0.368 e. The van der Waals surface area contributed by atoms with Crippen LogP contribution in [0.5, 0.6) is 0 Å². The summed E-state index contributed by atoms with van der Waals surface area (Å²) in [5.74, 6) is 3.12. The molecule has 0 fully saturated rings. The van der Waals surface area contributed by atoms with Gasteiger partial charge < -0.3 is 4.74 Å². The molecule has 1 atom stereocenters. The number of aryl methyl sites for hydroxylation is 1. The molecule has 3 rings (SSSR count). The first kappa shape index (κ1) is 24.3. The van der Waals surface area contributed by atoms with E-state index < -0.39 is 8.07 Å². The van der Waals surface area contributed by atoms with Gasteiger partial charge in [0.1, 0.15) is 19.3 Å². The Kier molecular flexibility index (Phi) is 7.68. The second kappa shape index (κ2) is 10.1. The minimum absolute atomic E-state index is 0.0399. The molecule has 2 aromatic rings. The third kappa shape index (κ3) is 5.54. The first-order chi connectivity index (χ1) is 15.1. The van der Waals surface area contributed by atoms with Gasteiger partial charge in [-0.1, -0.05) is 43.2 Å². The van der Waals surface area contributed by atoms with Crippen LogP contribution in [0.2, 0.25) is 19.6 Å². The Morgan fingerprint density at radius 2 is 2.06 bits per heavy atom. The van der Waals surface area contributed by atoms with Crippen LogP contribution in [-0.4, -0.2) is 40.4 Å². The van der Waals surface area contributed by atoms with E-state index in [1.807, 2.05) is 13.0 Å². The topological polar surface area (TPSA) is 51.0 Å². The van der Waals surface area contributed by atoms with E-state index in [0.29, 0.717) is 11.5 Å². The molecule has 0 spiro atoms. The lowest BCUT2D eigenvalue weighted by Crippen LogP contribution is -2.18. The summed E-state index contributed by atoms with van der Waals surface area (Å²) in [5, 5.41) is 0.0399. The van der Waals surface area contributed by atoms with E-state index in [-0.39, 0.29) is 22.6 Å². The summed E-state index contributed by atoms with van der Waals surface area (Å²) in [7, 11) is 0.113. The number of allylic oxidation sites excluding steroid dienone is 1. The van der Waals surface area contributed by atoms with Crippen molar-refractivity contribution in [2.24, 2.45) is 9.98 Å². The number of ketones is 1. The minimum Gasteiger partial charge on any atom is -0.368 e. The van der Waals surface area contributed by atoms with Gasteiger partial charge in [-0.15, -0.1) is 16.9 Å². The summed E-state index contributed by atoms with van der Waals surface area (Å²) in [6.07, 6.45) is 2.05. The Morgan fingerprint density at radius 1 is 1.31 bits per heavy atom. The maximum absolute atomic E-state index is 13.1. The minimum atomic E-state index is -1.47. The molecule has 1 aliphatic rings. The number of nitrogens with zero attached hydrogens (tertiary/aromatic N) is 2. The Hall–Kier alpha value is -2.30. The molecule has 0 radical (unpaired) electrons. The lowest BCUT2D eigenvalue weighted by Gasteiger charge is -2.26. The Labute approximate surface area is 200 Å². The number of carbonyl (C=O) groups is 1. The molecular weight excluding hydrogens is 456 g/mol. The summed E-state index contributed by atoms with van der Waals surface area (Å²) < 4.78 is 6.20. The molecular formula is C25H27ClN2O2SSi. The van der Waals surface area contributed by atoms with E-state index in [9.17, 15) is 4.79 Å². The molecule has 166 valence electrons. The molecule has 4 nitrogen and oxygen atoms in total. The van der Waals surface area contributed by atoms with Crippen LogP contribution in [0, 0.1) is 18.4 Å². The van der Waals surface area contributed by atoms with Crippen molar-refractivity contribution in [3.8, 4) is 11.5 Å². The monoisotopic (exact) mass is 482 g/mol. The summed E-state index contributed by atoms with van der Waals surface area (Å²) >= 11 is 7.53. The van der Waals surface area contributed by atoms with Crippen molar-refractivity contribution in [2.45, 2.75) is 39.1 Å². The third-order valence-electron chi connectivity index (χ3n) is 4.99. The van der Waals surface area contributed by atoms with E-state index >= 15 is 0 Å². The van der Waals surface area contributed by atoms with Crippen LogP contribution >= 0.6 is 22.9 Å². The highest BCUT2D eigenvalue weighted by Gasteiger charge is 2.27. The van der Waals surface area contributed by atoms with Crippen molar-refractivity contribution in [1.82, 2.24) is 0 Å². The smallest absolute Gasteiger partial charge is 0.207 e. The van der Waals surface area contributed by atoms with Crippen molar-refractivity contribution in [2.75, 3.05) is 13.7 Å². The first-order valence-corrected chi connectivity index (χ1v) is 15.1. The average molecular weight is 483 g/mol. The van der Waals surface area contributed by atoms with Gasteiger partial charge in [0.05, 0.1) is 17.1 Å². The molecule has 0 bridgehead atoms. The summed E-state index contributed by atoms with van der Waals surface area (Å²) in [4.78, 5) is 22.3. The number of aliphatic imine (C=N–C) groups is 2. The zero-order valence-electron chi connectivity index (χ0n) is 19.1. The van der Waals surface area contributed by atoms with E-state index in [0.717, 1.165) is 28.0 Å². The van der Waals surface area contributed by atoms with Crippen molar-refractivity contribution < 1.29 is 9.53 Å². The fourth-order valence-electron chi connectivity index (χ4n) is 3.46. The van der Waals surface area contributed by atoms with Crippen molar-refractivity contribution in [3.05, 3.63) is 67.0 Å². The number of ether oxygens (including phenoxy) is 1. The first-order valence-electron chi connectivity index (χ1n) is 10.4. The summed E-state index contributed by atoms with van der Waals surface area (Å²) in [5.41, 5.74) is 8.03. The highest BCUT2D eigenvalue weighted by Crippen LogP contribution is 2.38. The van der Waals surface area contributed by atoms with Crippen molar-refractivity contribution in [1.29, 1.82) is 0 Å². The fourth-order valence-corrected chi connectivity index (χ4v) is 5.12. The zero-order chi connectivity index (χ0) is 23.5. The highest BCUT2D eigenvalue weighted by molar-refractivity contribution is 7.14. The molecule has 0 N–H and O–H groups in total. The van der Waals surface area contributed by atoms with Gasteiger partial charge in [-0.05, 0) is 55.0 Å². The average Bonchev–Trinajstić information content (AvgIpc) is 3.15. The lowest BCUT2D eigenvalue weighted by molar-refractivity contribution is 0.0697. The number of halogens is 1. The van der Waals surface area contributed by atoms with E-state index in [1.54, 1.807) is 7.05 Å². The number of Topliss-reactive ketones (excluding diaryl/α,β-unsaturated/α-hetero) is 1. The lowest BCUT2D eigenvalue weighted by atomic mass is 9.91. The molecule has 0 amide bonds. The number of benzene rings is 1. The van der Waals surface area contributed by atoms with Gasteiger partial charge in [0.25, 0.3) is 0 Å². The molecule has 1 aliphatic heterocycles. The van der Waals surface area contributed by atoms with Crippen LogP contribution < -0.4 is 0 Å². The van der Waals surface area contributed by atoms with Crippen LogP contribution in [0.4, 0.5) is 0 Å². The van der Waals surface area contributed by atoms with Crippen LogP contribution in [0.1, 0.15) is 42.9 Å². The Bertz CT molecular complexity index is 1180. The number of hydrogen-bond donors (Lipinski definition) is 0. The van der Waals surface area contributed by atoms with Crippen molar-refractivity contribution >= 4 is 49.7 Å². The Balaban J connectivity index is 2.02. The van der Waals surface area contributed by atoms with Gasteiger partial charge >= 0.3 is 0 Å². The Morgan fingerprint density at radius 3 is 2.72 bits per heavy atom. The molecule has 32 heavy (non-hydrogen) atoms.